The lowest BCUT2D eigenvalue weighted by Crippen LogP contribution is -2.18. The molecule has 1 heterocycles. The molecule has 1 aromatic heterocycles. The Morgan fingerprint density at radius 1 is 1.29 bits per heavy atom. The highest BCUT2D eigenvalue weighted by Crippen LogP contribution is 2.35. The van der Waals surface area contributed by atoms with Crippen molar-refractivity contribution in [3.05, 3.63) is 45.1 Å². The molecule has 2 rings (SSSR count). The van der Waals surface area contributed by atoms with Crippen LogP contribution in [0.4, 0.5) is 0 Å². The molecule has 0 saturated heterocycles. The molecule has 0 aliphatic carbocycles. The Morgan fingerprint density at radius 2 is 2.00 bits per heavy atom. The van der Waals surface area contributed by atoms with E-state index < -0.39 is 0 Å². The fourth-order valence-electron chi connectivity index (χ4n) is 1.68. The average Bonchev–Trinajstić information content (AvgIpc) is 2.47. The summed E-state index contributed by atoms with van der Waals surface area (Å²) in [6.45, 7) is 3.52. The summed E-state index contributed by atoms with van der Waals surface area (Å²) in [7, 11) is 0. The summed E-state index contributed by atoms with van der Waals surface area (Å²) in [5.41, 5.74) is 7.36. The molecule has 0 spiro atoms. The van der Waals surface area contributed by atoms with Gasteiger partial charge in [-0.3, -0.25) is 0 Å². The van der Waals surface area contributed by atoms with E-state index in [4.69, 9.17) is 38.9 Å². The van der Waals surface area contributed by atoms with Crippen LogP contribution in [0.5, 0.6) is 11.6 Å². The van der Waals surface area contributed by atoms with Crippen molar-refractivity contribution in [3.63, 3.8) is 0 Å². The summed E-state index contributed by atoms with van der Waals surface area (Å²) in [5.74, 6) is 0.255. The van der Waals surface area contributed by atoms with E-state index in [2.05, 4.69) is 15.4 Å². The molecule has 0 aliphatic heterocycles. The average molecular weight is 327 g/mol. The summed E-state index contributed by atoms with van der Waals surface area (Å²) in [4.78, 5) is 0. The Balaban J connectivity index is 2.55. The molecule has 0 atom stereocenters. The highest BCUT2D eigenvalue weighted by Gasteiger charge is 2.18. The third-order valence-electron chi connectivity index (χ3n) is 2.91. The third-order valence-corrected chi connectivity index (χ3v) is 3.71. The molecule has 0 amide bonds. The van der Waals surface area contributed by atoms with Gasteiger partial charge in [-0.15, -0.1) is 5.10 Å². The van der Waals surface area contributed by atoms with Crippen LogP contribution < -0.4 is 10.5 Å². The Hall–Kier alpha value is -2.05. The molecular weight excluding hydrogens is 315 g/mol. The maximum atomic E-state index is 8.90. The molecule has 0 fully saturated rings. The smallest absolute Gasteiger partial charge is 0.250 e. The quantitative estimate of drug-likeness (QED) is 0.390. The number of oxime groups is 1. The van der Waals surface area contributed by atoms with E-state index in [1.807, 2.05) is 0 Å². The van der Waals surface area contributed by atoms with Crippen LogP contribution in [0.1, 0.15) is 16.8 Å². The Bertz CT molecular complexity index is 720. The summed E-state index contributed by atoms with van der Waals surface area (Å²) < 4.78 is 5.62. The van der Waals surface area contributed by atoms with Gasteiger partial charge in [0.1, 0.15) is 10.8 Å². The first-order chi connectivity index (χ1) is 9.95. The minimum Gasteiger partial charge on any atom is -0.435 e. The van der Waals surface area contributed by atoms with Gasteiger partial charge in [0.25, 0.3) is 0 Å². The molecule has 0 bridgehead atoms. The monoisotopic (exact) mass is 326 g/mol. The number of amidine groups is 1. The number of hydrogen-bond acceptors (Lipinski definition) is 5. The van der Waals surface area contributed by atoms with Crippen molar-refractivity contribution in [3.8, 4) is 11.6 Å². The molecule has 2 aromatic rings. The van der Waals surface area contributed by atoms with Crippen LogP contribution in [0.3, 0.4) is 0 Å². The number of rotatable bonds is 3. The predicted octanol–water partition coefficient (Wildman–Crippen LogP) is 3.29. The SMILES string of the molecule is Cc1nnc(Oc2cccc(Cl)c2Cl)c(/C(N)=N/O)c1C. The lowest BCUT2D eigenvalue weighted by atomic mass is 10.1. The normalized spacial score (nSPS) is 11.5. The van der Waals surface area contributed by atoms with E-state index in [-0.39, 0.29) is 16.7 Å². The Morgan fingerprint density at radius 3 is 2.67 bits per heavy atom. The highest BCUT2D eigenvalue weighted by atomic mass is 35.5. The van der Waals surface area contributed by atoms with Crippen molar-refractivity contribution in [2.75, 3.05) is 0 Å². The van der Waals surface area contributed by atoms with Crippen LogP contribution in [0, 0.1) is 13.8 Å². The first kappa shape index (κ1) is 15.3. The zero-order chi connectivity index (χ0) is 15.6. The van der Waals surface area contributed by atoms with Gasteiger partial charge in [0.2, 0.25) is 5.88 Å². The number of nitrogens with zero attached hydrogens (tertiary/aromatic N) is 3. The van der Waals surface area contributed by atoms with Gasteiger partial charge in [0, 0.05) is 0 Å². The molecule has 21 heavy (non-hydrogen) atoms. The molecule has 8 heteroatoms. The minimum absolute atomic E-state index is 0.0811. The van der Waals surface area contributed by atoms with Crippen LogP contribution in [0.25, 0.3) is 0 Å². The highest BCUT2D eigenvalue weighted by molar-refractivity contribution is 6.42. The van der Waals surface area contributed by atoms with Crippen LogP contribution in [0.2, 0.25) is 10.0 Å². The summed E-state index contributed by atoms with van der Waals surface area (Å²) in [6.07, 6.45) is 0. The van der Waals surface area contributed by atoms with E-state index in [0.29, 0.717) is 27.6 Å². The molecule has 3 N–H and O–H groups in total. The lowest BCUT2D eigenvalue weighted by molar-refractivity contribution is 0.318. The van der Waals surface area contributed by atoms with Gasteiger partial charge < -0.3 is 15.7 Å². The first-order valence-electron chi connectivity index (χ1n) is 5.89. The van der Waals surface area contributed by atoms with E-state index in [1.54, 1.807) is 32.0 Å². The van der Waals surface area contributed by atoms with Crippen LogP contribution in [-0.4, -0.2) is 21.2 Å². The maximum absolute atomic E-state index is 8.90. The molecule has 0 unspecified atom stereocenters. The van der Waals surface area contributed by atoms with Gasteiger partial charge in [0.15, 0.2) is 5.84 Å². The third kappa shape index (κ3) is 3.01. The van der Waals surface area contributed by atoms with E-state index in [0.717, 1.165) is 0 Å². The van der Waals surface area contributed by atoms with Crippen molar-refractivity contribution in [2.24, 2.45) is 10.9 Å². The number of hydrogen-bond donors (Lipinski definition) is 2. The minimum atomic E-state index is -0.126. The molecular formula is C13H12Cl2N4O2. The second-order valence-electron chi connectivity index (χ2n) is 4.23. The summed E-state index contributed by atoms with van der Waals surface area (Å²) >= 11 is 12.0. The molecule has 1 aromatic carbocycles. The number of nitrogens with two attached hydrogens (primary N) is 1. The standard InChI is InChI=1S/C13H12Cl2N4O2/c1-6-7(2)17-18-13(10(6)12(16)19-20)21-9-5-3-4-8(14)11(9)15/h3-5,20H,1-2H3,(H2,16,19). The van der Waals surface area contributed by atoms with Crippen molar-refractivity contribution < 1.29 is 9.94 Å². The van der Waals surface area contributed by atoms with E-state index >= 15 is 0 Å². The van der Waals surface area contributed by atoms with Crippen LogP contribution in [-0.2, 0) is 0 Å². The number of aryl methyl sites for hydroxylation is 1. The van der Waals surface area contributed by atoms with E-state index in [9.17, 15) is 0 Å². The van der Waals surface area contributed by atoms with Gasteiger partial charge in [0.05, 0.1) is 16.3 Å². The zero-order valence-corrected chi connectivity index (χ0v) is 12.8. The maximum Gasteiger partial charge on any atom is 0.250 e. The first-order valence-corrected chi connectivity index (χ1v) is 6.65. The molecule has 0 radical (unpaired) electrons. The number of aromatic nitrogens is 2. The fourth-order valence-corrected chi connectivity index (χ4v) is 2.01. The molecule has 6 nitrogen and oxygen atoms in total. The Kier molecular flexibility index (Phi) is 4.50. The second kappa shape index (κ2) is 6.15. The summed E-state index contributed by atoms with van der Waals surface area (Å²) in [5, 5.41) is 20.4. The van der Waals surface area contributed by atoms with Crippen molar-refractivity contribution >= 4 is 29.0 Å². The van der Waals surface area contributed by atoms with Gasteiger partial charge in [-0.25, -0.2) is 0 Å². The largest absolute Gasteiger partial charge is 0.435 e. The van der Waals surface area contributed by atoms with Gasteiger partial charge in [-0.1, -0.05) is 34.4 Å². The Labute approximate surface area is 131 Å². The fraction of sp³-hybridized carbons (Fsp3) is 0.154. The molecule has 0 aliphatic rings. The topological polar surface area (TPSA) is 93.6 Å². The van der Waals surface area contributed by atoms with Gasteiger partial charge >= 0.3 is 0 Å². The second-order valence-corrected chi connectivity index (χ2v) is 5.01. The molecule has 110 valence electrons. The van der Waals surface area contributed by atoms with Gasteiger partial charge in [-0.2, -0.15) is 5.10 Å². The van der Waals surface area contributed by atoms with Gasteiger partial charge in [-0.05, 0) is 31.5 Å². The lowest BCUT2D eigenvalue weighted by Gasteiger charge is -2.13. The molecule has 0 saturated carbocycles. The van der Waals surface area contributed by atoms with E-state index in [1.165, 1.54) is 0 Å². The number of benzene rings is 1. The zero-order valence-electron chi connectivity index (χ0n) is 11.3. The van der Waals surface area contributed by atoms with Crippen molar-refractivity contribution in [2.45, 2.75) is 13.8 Å². The summed E-state index contributed by atoms with van der Waals surface area (Å²) in [6, 6.07) is 4.94. The van der Waals surface area contributed by atoms with Crippen LogP contribution >= 0.6 is 23.2 Å². The van der Waals surface area contributed by atoms with Crippen molar-refractivity contribution in [1.82, 2.24) is 10.2 Å². The predicted molar refractivity (Wildman–Crippen MR) is 80.6 cm³/mol. The van der Waals surface area contributed by atoms with Crippen LogP contribution in [0.15, 0.2) is 23.4 Å². The number of ether oxygens (including phenoxy) is 1. The van der Waals surface area contributed by atoms with Crippen molar-refractivity contribution in [1.29, 1.82) is 0 Å². The number of halogens is 2.